The molecule has 1 heterocycles. The molecule has 1 saturated heterocycles. The number of nitrogens with zero attached hydrogens (tertiary/aromatic N) is 1. The molecule has 132 valence electrons. The van der Waals surface area contributed by atoms with Crippen LogP contribution in [0.3, 0.4) is 0 Å². The Balaban J connectivity index is 1.46. The average molecular weight is 329 g/mol. The molecule has 24 heavy (non-hydrogen) atoms. The van der Waals surface area contributed by atoms with Gasteiger partial charge in [0.1, 0.15) is 0 Å². The summed E-state index contributed by atoms with van der Waals surface area (Å²) in [5.41, 5.74) is 2.22. The molecule has 2 aliphatic rings. The van der Waals surface area contributed by atoms with Gasteiger partial charge in [-0.25, -0.2) is 0 Å². The highest BCUT2D eigenvalue weighted by atomic mass is 16.1. The monoisotopic (exact) mass is 328 g/mol. The van der Waals surface area contributed by atoms with E-state index in [4.69, 9.17) is 0 Å². The second-order valence-corrected chi connectivity index (χ2v) is 7.59. The van der Waals surface area contributed by atoms with Crippen LogP contribution in [0.25, 0.3) is 0 Å². The minimum absolute atomic E-state index is 0.209. The molecule has 2 fully saturated rings. The van der Waals surface area contributed by atoms with Crippen LogP contribution >= 0.6 is 0 Å². The topological polar surface area (TPSA) is 32.3 Å². The SMILES string of the molecule is CCCCC1CCC(C(=O)Nc2ccc(N3CCCC3)cc2)CC1. The van der Waals surface area contributed by atoms with Gasteiger partial charge in [-0.15, -0.1) is 0 Å². The van der Waals surface area contributed by atoms with Gasteiger partial charge in [0.05, 0.1) is 0 Å². The summed E-state index contributed by atoms with van der Waals surface area (Å²) >= 11 is 0. The zero-order valence-electron chi connectivity index (χ0n) is 15.1. The fourth-order valence-electron chi connectivity index (χ4n) is 4.18. The van der Waals surface area contributed by atoms with Crippen molar-refractivity contribution in [2.24, 2.45) is 11.8 Å². The summed E-state index contributed by atoms with van der Waals surface area (Å²) in [6.45, 7) is 4.58. The molecule has 0 bridgehead atoms. The number of hydrogen-bond donors (Lipinski definition) is 1. The van der Waals surface area contributed by atoms with Gasteiger partial charge >= 0.3 is 0 Å². The maximum Gasteiger partial charge on any atom is 0.227 e. The van der Waals surface area contributed by atoms with Crippen LogP contribution in [0.5, 0.6) is 0 Å². The number of amides is 1. The number of carbonyl (C=O) groups excluding carboxylic acids is 1. The summed E-state index contributed by atoms with van der Waals surface area (Å²) in [4.78, 5) is 14.9. The zero-order chi connectivity index (χ0) is 16.8. The second kappa shape index (κ2) is 8.55. The number of carbonyl (C=O) groups is 1. The summed E-state index contributed by atoms with van der Waals surface area (Å²) in [7, 11) is 0. The van der Waals surface area contributed by atoms with Crippen molar-refractivity contribution in [3.05, 3.63) is 24.3 Å². The lowest BCUT2D eigenvalue weighted by atomic mass is 9.79. The molecule has 1 amide bonds. The van der Waals surface area contributed by atoms with E-state index in [0.717, 1.165) is 37.5 Å². The maximum atomic E-state index is 12.5. The minimum Gasteiger partial charge on any atom is -0.372 e. The Bertz CT molecular complexity index is 511. The Labute approximate surface area is 146 Å². The first-order valence-electron chi connectivity index (χ1n) is 9.92. The molecule has 0 aromatic heterocycles. The number of hydrogen-bond acceptors (Lipinski definition) is 2. The van der Waals surface area contributed by atoms with Crippen LogP contribution in [0.2, 0.25) is 0 Å². The lowest BCUT2D eigenvalue weighted by molar-refractivity contribution is -0.121. The number of unbranched alkanes of at least 4 members (excludes halogenated alkanes) is 1. The highest BCUT2D eigenvalue weighted by molar-refractivity contribution is 5.92. The van der Waals surface area contributed by atoms with Crippen LogP contribution in [-0.4, -0.2) is 19.0 Å². The van der Waals surface area contributed by atoms with E-state index in [0.29, 0.717) is 0 Å². The van der Waals surface area contributed by atoms with Gasteiger partial charge in [-0.2, -0.15) is 0 Å². The predicted octanol–water partition coefficient (Wildman–Crippen LogP) is 5.22. The van der Waals surface area contributed by atoms with Crippen LogP contribution in [0.1, 0.15) is 64.7 Å². The largest absolute Gasteiger partial charge is 0.372 e. The fraction of sp³-hybridized carbons (Fsp3) is 0.667. The lowest BCUT2D eigenvalue weighted by Gasteiger charge is -2.27. The number of benzene rings is 1. The van der Waals surface area contributed by atoms with Crippen LogP contribution < -0.4 is 10.2 Å². The van der Waals surface area contributed by atoms with Crippen molar-refractivity contribution in [2.75, 3.05) is 23.3 Å². The van der Waals surface area contributed by atoms with Gasteiger partial charge in [0.2, 0.25) is 5.91 Å². The van der Waals surface area contributed by atoms with Crippen LogP contribution in [0.15, 0.2) is 24.3 Å². The first-order chi connectivity index (χ1) is 11.8. The summed E-state index contributed by atoms with van der Waals surface area (Å²) in [5, 5.41) is 3.13. The number of nitrogens with one attached hydrogen (secondary N) is 1. The summed E-state index contributed by atoms with van der Waals surface area (Å²) in [6.07, 6.45) is 11.1. The van der Waals surface area contributed by atoms with Crippen molar-refractivity contribution in [1.29, 1.82) is 0 Å². The quantitative estimate of drug-likeness (QED) is 0.776. The van der Waals surface area contributed by atoms with Gasteiger partial charge in [0.25, 0.3) is 0 Å². The Hall–Kier alpha value is -1.51. The third-order valence-electron chi connectivity index (χ3n) is 5.79. The highest BCUT2D eigenvalue weighted by Gasteiger charge is 2.26. The highest BCUT2D eigenvalue weighted by Crippen LogP contribution is 2.32. The van der Waals surface area contributed by atoms with E-state index in [1.165, 1.54) is 50.6 Å². The first-order valence-corrected chi connectivity index (χ1v) is 9.92. The molecule has 1 saturated carbocycles. The van der Waals surface area contributed by atoms with Gasteiger partial charge in [0, 0.05) is 30.4 Å². The predicted molar refractivity (Wildman–Crippen MR) is 101 cm³/mol. The smallest absolute Gasteiger partial charge is 0.227 e. The van der Waals surface area contributed by atoms with E-state index in [1.54, 1.807) is 0 Å². The van der Waals surface area contributed by atoms with Gasteiger partial charge in [-0.1, -0.05) is 26.2 Å². The van der Waals surface area contributed by atoms with Crippen LogP contribution in [0.4, 0.5) is 11.4 Å². The standard InChI is InChI=1S/C21H32N2O/c1-2-3-6-17-7-9-18(10-8-17)21(24)22-19-11-13-20(14-12-19)23-15-4-5-16-23/h11-14,17-18H,2-10,15-16H2,1H3,(H,22,24). The first kappa shape index (κ1) is 17.3. The Morgan fingerprint density at radius 2 is 1.75 bits per heavy atom. The molecule has 0 radical (unpaired) electrons. The third-order valence-corrected chi connectivity index (χ3v) is 5.79. The molecular formula is C21H32N2O. The second-order valence-electron chi connectivity index (χ2n) is 7.59. The van der Waals surface area contributed by atoms with Crippen molar-refractivity contribution < 1.29 is 4.79 Å². The van der Waals surface area contributed by atoms with Gasteiger partial charge < -0.3 is 10.2 Å². The van der Waals surface area contributed by atoms with E-state index in [-0.39, 0.29) is 11.8 Å². The maximum absolute atomic E-state index is 12.5. The molecule has 0 unspecified atom stereocenters. The molecule has 0 spiro atoms. The van der Waals surface area contributed by atoms with Crippen molar-refractivity contribution in [1.82, 2.24) is 0 Å². The molecule has 0 atom stereocenters. The Morgan fingerprint density at radius 3 is 2.38 bits per heavy atom. The molecular weight excluding hydrogens is 296 g/mol. The average Bonchev–Trinajstić information content (AvgIpc) is 3.15. The molecule has 3 rings (SSSR count). The number of rotatable bonds is 6. The van der Waals surface area contributed by atoms with E-state index in [9.17, 15) is 4.79 Å². The Morgan fingerprint density at radius 1 is 1.08 bits per heavy atom. The Kier molecular flexibility index (Phi) is 6.17. The summed E-state index contributed by atoms with van der Waals surface area (Å²) < 4.78 is 0. The summed E-state index contributed by atoms with van der Waals surface area (Å²) in [6, 6.07) is 8.39. The van der Waals surface area contributed by atoms with Crippen LogP contribution in [-0.2, 0) is 4.79 Å². The van der Waals surface area contributed by atoms with Gasteiger partial charge in [0.15, 0.2) is 0 Å². The van der Waals surface area contributed by atoms with Crippen LogP contribution in [0, 0.1) is 11.8 Å². The van der Waals surface area contributed by atoms with Crippen molar-refractivity contribution in [2.45, 2.75) is 64.7 Å². The third kappa shape index (κ3) is 4.52. The molecule has 1 N–H and O–H groups in total. The van der Waals surface area contributed by atoms with E-state index in [1.807, 2.05) is 0 Å². The number of anilines is 2. The van der Waals surface area contributed by atoms with Gasteiger partial charge in [-0.3, -0.25) is 4.79 Å². The van der Waals surface area contributed by atoms with E-state index in [2.05, 4.69) is 41.4 Å². The lowest BCUT2D eigenvalue weighted by Crippen LogP contribution is -2.27. The molecule has 3 nitrogen and oxygen atoms in total. The van der Waals surface area contributed by atoms with Crippen molar-refractivity contribution in [3.8, 4) is 0 Å². The van der Waals surface area contributed by atoms with E-state index < -0.39 is 0 Å². The molecule has 1 aromatic rings. The molecule has 1 aliphatic heterocycles. The molecule has 1 aromatic carbocycles. The minimum atomic E-state index is 0.209. The van der Waals surface area contributed by atoms with Crippen molar-refractivity contribution in [3.63, 3.8) is 0 Å². The molecule has 1 aliphatic carbocycles. The van der Waals surface area contributed by atoms with Crippen molar-refractivity contribution >= 4 is 17.3 Å². The molecule has 3 heteroatoms. The normalized spacial score (nSPS) is 24.1. The van der Waals surface area contributed by atoms with E-state index >= 15 is 0 Å². The zero-order valence-corrected chi connectivity index (χ0v) is 15.1. The summed E-state index contributed by atoms with van der Waals surface area (Å²) in [5.74, 6) is 1.28. The van der Waals surface area contributed by atoms with Gasteiger partial charge in [-0.05, 0) is 68.7 Å². The fourth-order valence-corrected chi connectivity index (χ4v) is 4.18.